The Kier molecular flexibility index (Phi) is 9.36. The fraction of sp³-hybridized carbons (Fsp3) is 0.200. The first kappa shape index (κ1) is 28.4. The maximum absolute atomic E-state index is 12.5. The first-order chi connectivity index (χ1) is 18.2. The van der Waals surface area contributed by atoms with Gasteiger partial charge in [0.2, 0.25) is 0 Å². The van der Waals surface area contributed by atoms with Gasteiger partial charge < -0.3 is 9.80 Å². The summed E-state index contributed by atoms with van der Waals surface area (Å²) in [5, 5.41) is 9.45. The summed E-state index contributed by atoms with van der Waals surface area (Å²) in [5.41, 5.74) is 1.02. The molecule has 0 aliphatic carbocycles. The number of halogens is 5. The molecule has 198 valence electrons. The molecule has 4 aromatic rings. The van der Waals surface area contributed by atoms with Gasteiger partial charge in [-0.1, -0.05) is 70.1 Å². The van der Waals surface area contributed by atoms with Crippen LogP contribution in [0, 0.1) is 0 Å². The van der Waals surface area contributed by atoms with E-state index >= 15 is 0 Å². The third-order valence-corrected chi connectivity index (χ3v) is 7.30. The number of rotatable bonds is 3. The molecule has 1 saturated heterocycles. The third-order valence-electron chi connectivity index (χ3n) is 5.73. The lowest BCUT2D eigenvalue weighted by molar-refractivity contribution is 0.312. The highest BCUT2D eigenvalue weighted by atomic mass is 35.5. The molecule has 1 fully saturated rings. The highest BCUT2D eigenvalue weighted by molar-refractivity contribution is 6.41. The van der Waals surface area contributed by atoms with Crippen molar-refractivity contribution in [1.82, 2.24) is 24.5 Å². The first-order valence-electron chi connectivity index (χ1n) is 11.3. The van der Waals surface area contributed by atoms with Gasteiger partial charge in [-0.25, -0.2) is 0 Å². The first-order valence-corrected chi connectivity index (χ1v) is 13.2. The van der Waals surface area contributed by atoms with Gasteiger partial charge in [0.15, 0.2) is 0 Å². The van der Waals surface area contributed by atoms with Crippen LogP contribution >= 0.6 is 58.0 Å². The van der Waals surface area contributed by atoms with Crippen molar-refractivity contribution in [3.05, 3.63) is 107 Å². The summed E-state index contributed by atoms with van der Waals surface area (Å²) in [4.78, 5) is 28.6. The molecule has 2 aromatic heterocycles. The van der Waals surface area contributed by atoms with E-state index in [1.807, 2.05) is 0 Å². The van der Waals surface area contributed by atoms with Crippen LogP contribution in [0.1, 0.15) is 0 Å². The van der Waals surface area contributed by atoms with Crippen LogP contribution in [0.4, 0.5) is 5.69 Å². The van der Waals surface area contributed by atoms with Crippen molar-refractivity contribution in [2.75, 3.05) is 38.1 Å². The Hall–Kier alpha value is -2.59. The summed E-state index contributed by atoms with van der Waals surface area (Å²) in [6.45, 7) is 3.54. The molecule has 38 heavy (non-hydrogen) atoms. The molecular weight excluding hydrogens is 594 g/mol. The molecule has 0 unspecified atom stereocenters. The number of piperazine rings is 1. The normalized spacial score (nSPS) is 13.7. The number of anilines is 1. The zero-order valence-corrected chi connectivity index (χ0v) is 23.8. The van der Waals surface area contributed by atoms with Crippen molar-refractivity contribution in [3.8, 4) is 11.4 Å². The molecule has 13 heteroatoms. The Morgan fingerprint density at radius 3 is 1.71 bits per heavy atom. The van der Waals surface area contributed by atoms with Gasteiger partial charge in [-0.05, 0) is 43.4 Å². The van der Waals surface area contributed by atoms with Crippen LogP contribution in [0.15, 0.2) is 70.5 Å². The molecule has 0 spiro atoms. The summed E-state index contributed by atoms with van der Waals surface area (Å²) < 4.78 is 2.41. The van der Waals surface area contributed by atoms with Crippen molar-refractivity contribution >= 4 is 63.7 Å². The van der Waals surface area contributed by atoms with Gasteiger partial charge in [-0.2, -0.15) is 19.6 Å². The standard InChI is InChI=1S/C15H16Cl2N4O.C10H5Cl3N2O/c1-19-5-7-20(8-6-19)13-10-18-21(15(22)14(13)17)12-4-2-3-11(16)9-12;11-6-2-1-3-7(4-6)15-10(16)9(13)8(12)5-14-15/h2-4,9-10H,5-8H2,1H3;1-5H. The molecule has 1 aliphatic rings. The SMILES string of the molecule is CN1CCN(c2cnn(-c3cccc(Cl)c3)c(=O)c2Cl)CC1.O=c1c(Cl)c(Cl)cnn1-c1cccc(Cl)c1. The number of hydrogen-bond acceptors (Lipinski definition) is 6. The van der Waals surface area contributed by atoms with Gasteiger partial charge in [0.25, 0.3) is 11.1 Å². The maximum atomic E-state index is 12.5. The van der Waals surface area contributed by atoms with E-state index in [1.165, 1.54) is 10.9 Å². The van der Waals surface area contributed by atoms with E-state index in [-0.39, 0.29) is 20.6 Å². The Balaban J connectivity index is 0.000000186. The van der Waals surface area contributed by atoms with E-state index in [2.05, 4.69) is 27.0 Å². The second-order valence-electron chi connectivity index (χ2n) is 8.33. The van der Waals surface area contributed by atoms with Gasteiger partial charge in [0.05, 0.1) is 34.5 Å². The lowest BCUT2D eigenvalue weighted by Crippen LogP contribution is -2.45. The van der Waals surface area contributed by atoms with Crippen LogP contribution in [0.5, 0.6) is 0 Å². The van der Waals surface area contributed by atoms with E-state index < -0.39 is 5.56 Å². The molecule has 0 radical (unpaired) electrons. The Bertz CT molecular complexity index is 1570. The predicted molar refractivity (Wildman–Crippen MR) is 154 cm³/mol. The Morgan fingerprint density at radius 1 is 0.684 bits per heavy atom. The topological polar surface area (TPSA) is 76.3 Å². The summed E-state index contributed by atoms with van der Waals surface area (Å²) in [6.07, 6.45) is 2.96. The fourth-order valence-corrected chi connectivity index (χ4v) is 4.56. The van der Waals surface area contributed by atoms with Crippen LogP contribution in [0.2, 0.25) is 25.1 Å². The predicted octanol–water partition coefficient (Wildman–Crippen LogP) is 5.48. The molecule has 0 atom stereocenters. The molecule has 0 N–H and O–H groups in total. The minimum absolute atomic E-state index is 0.0587. The molecule has 1 aliphatic heterocycles. The molecular formula is C25H21Cl5N6O2. The van der Waals surface area contributed by atoms with E-state index in [1.54, 1.807) is 54.7 Å². The fourth-order valence-electron chi connectivity index (χ4n) is 3.69. The third kappa shape index (κ3) is 6.51. The number of hydrogen-bond donors (Lipinski definition) is 0. The van der Waals surface area contributed by atoms with Gasteiger partial charge in [0.1, 0.15) is 10.0 Å². The van der Waals surface area contributed by atoms with E-state index in [0.717, 1.165) is 30.9 Å². The Labute approximate surface area is 243 Å². The highest BCUT2D eigenvalue weighted by Gasteiger charge is 2.20. The second-order valence-corrected chi connectivity index (χ2v) is 10.4. The number of aromatic nitrogens is 4. The van der Waals surface area contributed by atoms with Crippen LogP contribution in [-0.4, -0.2) is 57.7 Å². The van der Waals surface area contributed by atoms with Gasteiger partial charge in [0, 0.05) is 36.2 Å². The van der Waals surface area contributed by atoms with Crippen molar-refractivity contribution in [3.63, 3.8) is 0 Å². The lowest BCUT2D eigenvalue weighted by atomic mass is 10.3. The van der Waals surface area contributed by atoms with Crippen molar-refractivity contribution in [1.29, 1.82) is 0 Å². The van der Waals surface area contributed by atoms with Crippen molar-refractivity contribution in [2.24, 2.45) is 0 Å². The second kappa shape index (κ2) is 12.5. The molecule has 0 amide bonds. The number of nitrogens with zero attached hydrogens (tertiary/aromatic N) is 6. The number of likely N-dealkylation sites (N-methyl/N-ethyl adjacent to an activating group) is 1. The Morgan fingerprint density at radius 2 is 1.18 bits per heavy atom. The highest BCUT2D eigenvalue weighted by Crippen LogP contribution is 2.23. The van der Waals surface area contributed by atoms with Gasteiger partial charge in [-0.3, -0.25) is 9.59 Å². The molecule has 2 aromatic carbocycles. The quantitative estimate of drug-likeness (QED) is 0.304. The average molecular weight is 615 g/mol. The summed E-state index contributed by atoms with van der Waals surface area (Å²) in [7, 11) is 2.08. The summed E-state index contributed by atoms with van der Waals surface area (Å²) in [6, 6.07) is 13.7. The largest absolute Gasteiger partial charge is 0.366 e. The minimum atomic E-state index is -0.476. The zero-order chi connectivity index (χ0) is 27.4. The molecule has 3 heterocycles. The smallest absolute Gasteiger partial charge is 0.292 e. The van der Waals surface area contributed by atoms with Crippen LogP contribution in [-0.2, 0) is 0 Å². The van der Waals surface area contributed by atoms with E-state index in [4.69, 9.17) is 58.0 Å². The molecule has 8 nitrogen and oxygen atoms in total. The zero-order valence-electron chi connectivity index (χ0n) is 20.0. The van der Waals surface area contributed by atoms with Crippen LogP contribution in [0.3, 0.4) is 0 Å². The average Bonchev–Trinajstić information content (AvgIpc) is 2.90. The molecule has 5 rings (SSSR count). The monoisotopic (exact) mass is 612 g/mol. The lowest BCUT2D eigenvalue weighted by Gasteiger charge is -2.34. The number of benzene rings is 2. The summed E-state index contributed by atoms with van der Waals surface area (Å²) >= 11 is 29.5. The van der Waals surface area contributed by atoms with Crippen molar-refractivity contribution in [2.45, 2.75) is 0 Å². The molecule has 0 bridgehead atoms. The van der Waals surface area contributed by atoms with E-state index in [0.29, 0.717) is 27.1 Å². The van der Waals surface area contributed by atoms with Gasteiger partial charge in [-0.15, -0.1) is 0 Å². The minimum Gasteiger partial charge on any atom is -0.366 e. The van der Waals surface area contributed by atoms with Crippen LogP contribution in [0.25, 0.3) is 11.4 Å². The van der Waals surface area contributed by atoms with Gasteiger partial charge >= 0.3 is 0 Å². The molecule has 0 saturated carbocycles. The van der Waals surface area contributed by atoms with Crippen molar-refractivity contribution < 1.29 is 0 Å². The maximum Gasteiger partial charge on any atom is 0.292 e. The van der Waals surface area contributed by atoms with E-state index in [9.17, 15) is 9.59 Å². The van der Waals surface area contributed by atoms with Crippen LogP contribution < -0.4 is 16.0 Å². The summed E-state index contributed by atoms with van der Waals surface area (Å²) in [5.74, 6) is 0.